The van der Waals surface area contributed by atoms with E-state index in [9.17, 15) is 17.2 Å². The first kappa shape index (κ1) is 23.5. The van der Waals surface area contributed by atoms with Crippen LogP contribution >= 0.6 is 11.6 Å². The van der Waals surface area contributed by atoms with E-state index in [1.54, 1.807) is 0 Å². The van der Waals surface area contributed by atoms with Gasteiger partial charge in [-0.2, -0.15) is 9.97 Å². The second kappa shape index (κ2) is 9.30. The smallest absolute Gasteiger partial charge is 0.272 e. The number of oxazole rings is 1. The van der Waals surface area contributed by atoms with E-state index in [4.69, 9.17) is 30.2 Å². The molecule has 1 aromatic carbocycles. The Kier molecular flexibility index (Phi) is 6.43. The van der Waals surface area contributed by atoms with Crippen LogP contribution in [-0.4, -0.2) is 55.6 Å². The number of aromatic nitrogens is 4. The van der Waals surface area contributed by atoms with Gasteiger partial charge >= 0.3 is 0 Å². The Balaban J connectivity index is 1.73. The van der Waals surface area contributed by atoms with Crippen LogP contribution in [0.2, 0.25) is 5.02 Å². The van der Waals surface area contributed by atoms with E-state index in [-0.39, 0.29) is 22.4 Å². The van der Waals surface area contributed by atoms with Crippen molar-refractivity contribution < 1.29 is 35.8 Å². The van der Waals surface area contributed by atoms with Gasteiger partial charge in [-0.25, -0.2) is 26.9 Å². The van der Waals surface area contributed by atoms with E-state index in [0.29, 0.717) is 27.2 Å². The minimum atomic E-state index is -4.25. The number of methoxy groups -OCH3 is 2. The lowest BCUT2D eigenvalue weighted by molar-refractivity contribution is 0.0781. The standard InChI is InChI=1S/C19H16ClF2N5O6S/c1-30-17-16(32-7-13(21)22)18(31-2)26-19(25-17)27-34(28,29)12-6-24-15-9(12)3-4-10(20)14(15)11-5-23-8-33-11/h3-6,8,13,24H,7H2,1-2H3,(H,25,26,27). The summed E-state index contributed by atoms with van der Waals surface area (Å²) < 4.78 is 74.0. The van der Waals surface area contributed by atoms with Gasteiger partial charge in [0.15, 0.2) is 12.2 Å². The first-order chi connectivity index (χ1) is 16.2. The lowest BCUT2D eigenvalue weighted by Crippen LogP contribution is -2.16. The first-order valence-electron chi connectivity index (χ1n) is 9.37. The lowest BCUT2D eigenvalue weighted by Gasteiger charge is -2.14. The molecule has 34 heavy (non-hydrogen) atoms. The van der Waals surface area contributed by atoms with Gasteiger partial charge in [0.1, 0.15) is 11.5 Å². The second-order valence-corrected chi connectivity index (χ2v) is 8.62. The van der Waals surface area contributed by atoms with Gasteiger partial charge in [-0.15, -0.1) is 0 Å². The summed E-state index contributed by atoms with van der Waals surface area (Å²) >= 11 is 6.30. The van der Waals surface area contributed by atoms with E-state index in [0.717, 1.165) is 0 Å². The number of halogens is 3. The Bertz CT molecular complexity index is 1400. The molecule has 0 aliphatic rings. The van der Waals surface area contributed by atoms with Crippen LogP contribution in [-0.2, 0) is 10.0 Å². The fourth-order valence-corrected chi connectivity index (χ4v) is 4.49. The number of rotatable bonds is 9. The number of alkyl halides is 2. The van der Waals surface area contributed by atoms with E-state index < -0.39 is 29.0 Å². The van der Waals surface area contributed by atoms with Gasteiger partial charge in [0.2, 0.25) is 11.7 Å². The summed E-state index contributed by atoms with van der Waals surface area (Å²) in [6.07, 6.45) is 1.15. The van der Waals surface area contributed by atoms with Gasteiger partial charge in [-0.05, 0) is 12.1 Å². The molecular formula is C19H16ClF2N5O6S. The number of ether oxygens (including phenoxy) is 3. The molecule has 0 radical (unpaired) electrons. The predicted molar refractivity (Wildman–Crippen MR) is 116 cm³/mol. The summed E-state index contributed by atoms with van der Waals surface area (Å²) in [6, 6.07) is 3.04. The quantitative estimate of drug-likeness (QED) is 0.341. The fourth-order valence-electron chi connectivity index (χ4n) is 3.13. The summed E-state index contributed by atoms with van der Waals surface area (Å²) in [5.41, 5.74) is 0.828. The number of sulfonamides is 1. The highest BCUT2D eigenvalue weighted by atomic mass is 35.5. The number of H-pyrrole nitrogens is 1. The number of aromatic amines is 1. The SMILES string of the molecule is COc1nc(NS(=O)(=O)c2c[nH]c3c(-c4cnco4)c(Cl)ccc23)nc(OC)c1OCC(F)F. The number of nitrogens with one attached hydrogen (secondary N) is 2. The monoisotopic (exact) mass is 515 g/mol. The zero-order valence-electron chi connectivity index (χ0n) is 17.5. The molecule has 3 aromatic heterocycles. The molecule has 0 spiro atoms. The molecule has 2 N–H and O–H groups in total. The average molecular weight is 516 g/mol. The molecule has 0 saturated heterocycles. The van der Waals surface area contributed by atoms with Gasteiger partial charge < -0.3 is 23.6 Å². The Labute approximate surface area is 196 Å². The molecule has 0 atom stereocenters. The lowest BCUT2D eigenvalue weighted by atomic mass is 10.1. The first-order valence-corrected chi connectivity index (χ1v) is 11.2. The number of hydrogen-bond donors (Lipinski definition) is 2. The van der Waals surface area contributed by atoms with E-state index in [1.165, 1.54) is 45.1 Å². The topological polar surface area (TPSA) is 141 Å². The minimum absolute atomic E-state index is 0.139. The molecule has 15 heteroatoms. The highest BCUT2D eigenvalue weighted by Crippen LogP contribution is 2.38. The largest absolute Gasteiger partial charge is 0.478 e. The minimum Gasteiger partial charge on any atom is -0.478 e. The van der Waals surface area contributed by atoms with Crippen molar-refractivity contribution in [2.45, 2.75) is 11.3 Å². The fraction of sp³-hybridized carbons (Fsp3) is 0.211. The van der Waals surface area contributed by atoms with Gasteiger partial charge in [-0.3, -0.25) is 0 Å². The van der Waals surface area contributed by atoms with Crippen LogP contribution in [0, 0.1) is 0 Å². The van der Waals surface area contributed by atoms with Crippen LogP contribution in [0.4, 0.5) is 14.7 Å². The van der Waals surface area contributed by atoms with Gasteiger partial charge in [0.05, 0.1) is 36.5 Å². The Morgan fingerprint density at radius 1 is 1.21 bits per heavy atom. The van der Waals surface area contributed by atoms with Crippen molar-refractivity contribution >= 4 is 38.5 Å². The maximum absolute atomic E-state index is 13.2. The van der Waals surface area contributed by atoms with Gasteiger partial charge in [-0.1, -0.05) is 11.6 Å². The molecule has 0 aliphatic carbocycles. The van der Waals surface area contributed by atoms with Crippen LogP contribution in [0.25, 0.3) is 22.2 Å². The third-order valence-electron chi connectivity index (χ3n) is 4.51. The second-order valence-electron chi connectivity index (χ2n) is 6.57. The van der Waals surface area contributed by atoms with Crippen molar-refractivity contribution in [2.75, 3.05) is 25.5 Å². The number of fused-ring (bicyclic) bond motifs is 1. The average Bonchev–Trinajstić information content (AvgIpc) is 3.47. The molecule has 0 fully saturated rings. The van der Waals surface area contributed by atoms with Crippen molar-refractivity contribution in [3.63, 3.8) is 0 Å². The Hall–Kier alpha value is -3.65. The molecule has 0 aliphatic heterocycles. The van der Waals surface area contributed by atoms with Gasteiger partial charge in [0.25, 0.3) is 28.2 Å². The number of anilines is 1. The van der Waals surface area contributed by atoms with Crippen molar-refractivity contribution in [1.82, 2.24) is 19.9 Å². The normalized spacial score (nSPS) is 11.7. The zero-order chi connectivity index (χ0) is 24.5. The zero-order valence-corrected chi connectivity index (χ0v) is 19.1. The van der Waals surface area contributed by atoms with Crippen LogP contribution in [0.5, 0.6) is 17.5 Å². The number of hydrogen-bond acceptors (Lipinski definition) is 9. The van der Waals surface area contributed by atoms with Crippen molar-refractivity contribution in [3.05, 3.63) is 35.9 Å². The number of nitrogens with zero attached hydrogens (tertiary/aromatic N) is 3. The number of benzene rings is 1. The molecular weight excluding hydrogens is 500 g/mol. The molecule has 3 heterocycles. The summed E-state index contributed by atoms with van der Waals surface area (Å²) in [7, 11) is -1.85. The van der Waals surface area contributed by atoms with Crippen molar-refractivity contribution in [2.24, 2.45) is 0 Å². The van der Waals surface area contributed by atoms with Crippen molar-refractivity contribution in [3.8, 4) is 28.8 Å². The third-order valence-corrected chi connectivity index (χ3v) is 6.19. The summed E-state index contributed by atoms with van der Waals surface area (Å²) in [5, 5.41) is 0.624. The van der Waals surface area contributed by atoms with Crippen LogP contribution < -0.4 is 18.9 Å². The van der Waals surface area contributed by atoms with Crippen LogP contribution in [0.15, 0.2) is 40.2 Å². The molecule has 0 unspecified atom stereocenters. The molecule has 0 saturated carbocycles. The Morgan fingerprint density at radius 2 is 1.91 bits per heavy atom. The molecule has 0 amide bonds. The molecule has 4 aromatic rings. The van der Waals surface area contributed by atoms with Crippen LogP contribution in [0.1, 0.15) is 0 Å². The highest BCUT2D eigenvalue weighted by molar-refractivity contribution is 7.93. The summed E-state index contributed by atoms with van der Waals surface area (Å²) in [5.74, 6) is -0.998. The predicted octanol–water partition coefficient (Wildman–Crippen LogP) is 3.73. The van der Waals surface area contributed by atoms with E-state index >= 15 is 0 Å². The molecule has 11 nitrogen and oxygen atoms in total. The maximum atomic E-state index is 13.2. The summed E-state index contributed by atoms with van der Waals surface area (Å²) in [6.45, 7) is -0.966. The molecule has 180 valence electrons. The summed E-state index contributed by atoms with van der Waals surface area (Å²) in [4.78, 5) is 14.4. The third kappa shape index (κ3) is 4.41. The molecule has 4 rings (SSSR count). The van der Waals surface area contributed by atoms with E-state index in [1.807, 2.05) is 0 Å². The molecule has 0 bridgehead atoms. The maximum Gasteiger partial charge on any atom is 0.272 e. The van der Waals surface area contributed by atoms with Crippen LogP contribution in [0.3, 0.4) is 0 Å². The van der Waals surface area contributed by atoms with Gasteiger partial charge in [0, 0.05) is 11.6 Å². The van der Waals surface area contributed by atoms with E-state index in [2.05, 4.69) is 24.7 Å². The Morgan fingerprint density at radius 3 is 2.50 bits per heavy atom. The van der Waals surface area contributed by atoms with Crippen molar-refractivity contribution in [1.29, 1.82) is 0 Å². The highest BCUT2D eigenvalue weighted by Gasteiger charge is 2.26.